The van der Waals surface area contributed by atoms with Crippen molar-refractivity contribution in [1.82, 2.24) is 10.1 Å². The van der Waals surface area contributed by atoms with Gasteiger partial charge in [0.2, 0.25) is 17.5 Å². The lowest BCUT2D eigenvalue weighted by Crippen LogP contribution is -2.13. The second-order valence-electron chi connectivity index (χ2n) is 7.58. The lowest BCUT2D eigenvalue weighted by Gasteiger charge is -2.13. The highest BCUT2D eigenvalue weighted by atomic mass is 16.5. The molecule has 0 spiro atoms. The van der Waals surface area contributed by atoms with Gasteiger partial charge in [-0.25, -0.2) is 0 Å². The first-order chi connectivity index (χ1) is 15.6. The number of hydrogen-bond acceptors (Lipinski definition) is 8. The molecule has 32 heavy (non-hydrogen) atoms. The molecule has 1 aromatic heterocycles. The van der Waals surface area contributed by atoms with E-state index in [1.807, 2.05) is 6.07 Å². The van der Waals surface area contributed by atoms with Gasteiger partial charge in [0.1, 0.15) is 11.5 Å². The first-order valence-corrected chi connectivity index (χ1v) is 10.5. The predicted octanol–water partition coefficient (Wildman–Crippen LogP) is 4.68. The number of ketones is 1. The van der Waals surface area contributed by atoms with Crippen molar-refractivity contribution in [2.75, 3.05) is 27.9 Å². The second kappa shape index (κ2) is 9.72. The Kier molecular flexibility index (Phi) is 6.58. The molecule has 8 heteroatoms. The summed E-state index contributed by atoms with van der Waals surface area (Å²) in [7, 11) is 4.59. The van der Waals surface area contributed by atoms with Crippen LogP contribution in [0.3, 0.4) is 0 Å². The van der Waals surface area contributed by atoms with E-state index in [0.717, 1.165) is 18.4 Å². The minimum absolute atomic E-state index is 0.187. The lowest BCUT2D eigenvalue weighted by atomic mass is 10.1. The van der Waals surface area contributed by atoms with Gasteiger partial charge in [0, 0.05) is 11.5 Å². The van der Waals surface area contributed by atoms with Crippen molar-refractivity contribution in [3.05, 3.63) is 47.9 Å². The van der Waals surface area contributed by atoms with Gasteiger partial charge in [0.05, 0.1) is 26.9 Å². The number of nitrogens with zero attached hydrogens (tertiary/aromatic N) is 2. The summed E-state index contributed by atoms with van der Waals surface area (Å²) < 4.78 is 27.2. The van der Waals surface area contributed by atoms with Gasteiger partial charge >= 0.3 is 0 Å². The summed E-state index contributed by atoms with van der Waals surface area (Å²) >= 11 is 0. The van der Waals surface area contributed by atoms with E-state index in [-0.39, 0.29) is 12.4 Å². The molecule has 2 aromatic carbocycles. The smallest absolute Gasteiger partial charge is 0.230 e. The van der Waals surface area contributed by atoms with E-state index >= 15 is 0 Å². The van der Waals surface area contributed by atoms with Crippen molar-refractivity contribution in [2.45, 2.75) is 31.6 Å². The molecule has 0 unspecified atom stereocenters. The predicted molar refractivity (Wildman–Crippen MR) is 117 cm³/mol. The molecule has 1 aliphatic carbocycles. The molecule has 0 saturated heterocycles. The minimum Gasteiger partial charge on any atom is -0.497 e. The van der Waals surface area contributed by atoms with Crippen LogP contribution in [0.4, 0.5) is 0 Å². The molecule has 0 N–H and O–H groups in total. The Balaban J connectivity index is 1.48. The number of carbonyl (C=O) groups excluding carboxylic acids is 1. The minimum atomic E-state index is -0.244. The van der Waals surface area contributed by atoms with Crippen molar-refractivity contribution < 1.29 is 28.3 Å². The van der Waals surface area contributed by atoms with E-state index in [1.54, 1.807) is 44.6 Å². The molecule has 1 heterocycles. The average Bonchev–Trinajstić information content (AvgIpc) is 3.54. The maximum absolute atomic E-state index is 12.7. The average molecular weight is 438 g/mol. The highest BCUT2D eigenvalue weighted by Gasteiger charge is 2.24. The SMILES string of the molecule is COc1ccc(OC)c(C(=O)COc2ccc(-c3noc(C4CCCC4)n3)cc2OC)c1. The molecule has 3 aromatic rings. The third-order valence-corrected chi connectivity index (χ3v) is 5.63. The zero-order chi connectivity index (χ0) is 22.5. The topological polar surface area (TPSA) is 92.9 Å². The molecule has 0 radical (unpaired) electrons. The molecule has 1 saturated carbocycles. The van der Waals surface area contributed by atoms with E-state index < -0.39 is 0 Å². The van der Waals surface area contributed by atoms with E-state index in [1.165, 1.54) is 20.0 Å². The third-order valence-electron chi connectivity index (χ3n) is 5.63. The molecule has 0 atom stereocenters. The van der Waals surface area contributed by atoms with Crippen LogP contribution in [0.15, 0.2) is 40.9 Å². The summed E-state index contributed by atoms with van der Waals surface area (Å²) in [5, 5.41) is 4.12. The summed E-state index contributed by atoms with van der Waals surface area (Å²) in [6.45, 7) is -0.187. The molecule has 0 bridgehead atoms. The number of ether oxygens (including phenoxy) is 4. The van der Waals surface area contributed by atoms with Crippen molar-refractivity contribution in [2.24, 2.45) is 0 Å². The summed E-state index contributed by atoms with van der Waals surface area (Å²) in [6, 6.07) is 10.4. The first kappa shape index (κ1) is 21.7. The monoisotopic (exact) mass is 438 g/mol. The molecule has 8 nitrogen and oxygen atoms in total. The fourth-order valence-corrected chi connectivity index (χ4v) is 3.87. The van der Waals surface area contributed by atoms with Crippen LogP contribution in [0.5, 0.6) is 23.0 Å². The molecular formula is C24H26N2O6. The van der Waals surface area contributed by atoms with Gasteiger partial charge in [-0.2, -0.15) is 4.98 Å². The molecule has 0 amide bonds. The largest absolute Gasteiger partial charge is 0.497 e. The van der Waals surface area contributed by atoms with Crippen LogP contribution in [0.2, 0.25) is 0 Å². The van der Waals surface area contributed by atoms with Crippen LogP contribution in [0.1, 0.15) is 47.8 Å². The molecule has 4 rings (SSSR count). The Morgan fingerprint density at radius 2 is 1.72 bits per heavy atom. The zero-order valence-corrected chi connectivity index (χ0v) is 18.4. The maximum Gasteiger partial charge on any atom is 0.230 e. The van der Waals surface area contributed by atoms with Crippen molar-refractivity contribution in [3.63, 3.8) is 0 Å². The Morgan fingerprint density at radius 1 is 0.969 bits per heavy atom. The summed E-state index contributed by atoms with van der Waals surface area (Å²) in [4.78, 5) is 17.3. The van der Waals surface area contributed by atoms with Crippen LogP contribution in [-0.2, 0) is 0 Å². The molecule has 168 valence electrons. The number of carbonyl (C=O) groups is 1. The van der Waals surface area contributed by atoms with Crippen LogP contribution in [-0.4, -0.2) is 43.9 Å². The van der Waals surface area contributed by atoms with E-state index in [2.05, 4.69) is 10.1 Å². The fourth-order valence-electron chi connectivity index (χ4n) is 3.87. The van der Waals surface area contributed by atoms with Crippen molar-refractivity contribution in [3.8, 4) is 34.4 Å². The van der Waals surface area contributed by atoms with Gasteiger partial charge in [-0.3, -0.25) is 4.79 Å². The maximum atomic E-state index is 12.7. The van der Waals surface area contributed by atoms with Crippen LogP contribution in [0, 0.1) is 0 Å². The van der Waals surface area contributed by atoms with Crippen LogP contribution < -0.4 is 18.9 Å². The summed E-state index contributed by atoms with van der Waals surface area (Å²) in [6.07, 6.45) is 4.57. The Bertz CT molecular complexity index is 1090. The van der Waals surface area contributed by atoms with E-state index in [9.17, 15) is 4.79 Å². The third kappa shape index (κ3) is 4.54. The lowest BCUT2D eigenvalue weighted by molar-refractivity contribution is 0.0916. The number of Topliss-reactive ketones (excluding diaryl/α,β-unsaturated/α-hetero) is 1. The standard InChI is InChI=1S/C24H26N2O6/c1-28-17-9-11-20(29-2)18(13-17)19(27)14-31-21-10-8-16(12-22(21)30-3)23-25-24(32-26-23)15-6-4-5-7-15/h8-13,15H,4-7,14H2,1-3H3. The van der Waals surface area contributed by atoms with Gasteiger partial charge in [-0.1, -0.05) is 18.0 Å². The van der Waals surface area contributed by atoms with Crippen molar-refractivity contribution >= 4 is 5.78 Å². The quantitative estimate of drug-likeness (QED) is 0.445. The molecule has 1 aliphatic rings. The molecule has 1 fully saturated rings. The number of methoxy groups -OCH3 is 3. The zero-order valence-electron chi connectivity index (χ0n) is 18.4. The Morgan fingerprint density at radius 3 is 2.44 bits per heavy atom. The van der Waals surface area contributed by atoms with E-state index in [4.69, 9.17) is 23.5 Å². The van der Waals surface area contributed by atoms with Gasteiger partial charge in [-0.15, -0.1) is 0 Å². The van der Waals surface area contributed by atoms with Crippen LogP contribution in [0.25, 0.3) is 11.4 Å². The number of aromatic nitrogens is 2. The van der Waals surface area contributed by atoms with Gasteiger partial charge in [0.25, 0.3) is 0 Å². The van der Waals surface area contributed by atoms with Crippen LogP contribution >= 0.6 is 0 Å². The molecular weight excluding hydrogens is 412 g/mol. The number of benzene rings is 2. The summed E-state index contributed by atoms with van der Waals surface area (Å²) in [5.74, 6) is 3.23. The van der Waals surface area contributed by atoms with Gasteiger partial charge in [-0.05, 0) is 49.2 Å². The second-order valence-corrected chi connectivity index (χ2v) is 7.58. The van der Waals surface area contributed by atoms with E-state index in [0.29, 0.717) is 46.2 Å². The highest BCUT2D eigenvalue weighted by Crippen LogP contribution is 2.36. The van der Waals surface area contributed by atoms with Crippen molar-refractivity contribution in [1.29, 1.82) is 0 Å². The number of hydrogen-bond donors (Lipinski definition) is 0. The number of rotatable bonds is 9. The van der Waals surface area contributed by atoms with Gasteiger partial charge in [0.15, 0.2) is 18.1 Å². The Hall–Kier alpha value is -3.55. The highest BCUT2D eigenvalue weighted by molar-refractivity contribution is 6.00. The normalized spacial score (nSPS) is 13.7. The fraction of sp³-hybridized carbons (Fsp3) is 0.375. The molecule has 0 aliphatic heterocycles. The first-order valence-electron chi connectivity index (χ1n) is 10.5. The summed E-state index contributed by atoms with van der Waals surface area (Å²) in [5.41, 5.74) is 1.14. The Labute approximate surface area is 186 Å². The van der Waals surface area contributed by atoms with Gasteiger partial charge < -0.3 is 23.5 Å².